The first kappa shape index (κ1) is 22.5. The van der Waals surface area contributed by atoms with Gasteiger partial charge in [0.05, 0.1) is 11.6 Å². The van der Waals surface area contributed by atoms with Gasteiger partial charge in [-0.25, -0.2) is 9.97 Å². The summed E-state index contributed by atoms with van der Waals surface area (Å²) in [5.74, 6) is 1.40. The molecule has 7 heteroatoms. The molecule has 0 amide bonds. The van der Waals surface area contributed by atoms with Crippen LogP contribution in [0.2, 0.25) is 0 Å². The van der Waals surface area contributed by atoms with Gasteiger partial charge in [0.2, 0.25) is 0 Å². The highest BCUT2D eigenvalue weighted by molar-refractivity contribution is 5.86. The third kappa shape index (κ3) is 4.31. The molecule has 0 saturated carbocycles. The van der Waals surface area contributed by atoms with Gasteiger partial charge < -0.3 is 10.0 Å². The van der Waals surface area contributed by atoms with Gasteiger partial charge in [-0.1, -0.05) is 53.7 Å². The van der Waals surface area contributed by atoms with E-state index < -0.39 is 0 Å². The van der Waals surface area contributed by atoms with Crippen LogP contribution in [0.4, 0.5) is 5.82 Å². The summed E-state index contributed by atoms with van der Waals surface area (Å²) in [6, 6.07) is 4.38. The largest absolute Gasteiger partial charge is 0.507 e. The average Bonchev–Trinajstić information content (AvgIpc) is 3.09. The van der Waals surface area contributed by atoms with E-state index in [1.165, 1.54) is 5.56 Å². The Labute approximate surface area is 191 Å². The Kier molecular flexibility index (Phi) is 5.65. The minimum Gasteiger partial charge on any atom is -0.507 e. The van der Waals surface area contributed by atoms with E-state index in [1.807, 2.05) is 13.2 Å². The molecule has 1 aromatic carbocycles. The molecule has 32 heavy (non-hydrogen) atoms. The first-order chi connectivity index (χ1) is 14.9. The number of phenols is 1. The Bertz CT molecular complexity index is 1110. The molecular weight excluding hydrogens is 400 g/mol. The van der Waals surface area contributed by atoms with E-state index in [9.17, 15) is 5.11 Å². The predicted molar refractivity (Wildman–Crippen MR) is 129 cm³/mol. The number of hydrogen-bond acceptors (Lipinski definition) is 6. The second-order valence-corrected chi connectivity index (χ2v) is 11.0. The topological polar surface area (TPSA) is 70.3 Å². The SMILES string of the molecule is Cn1ncc2c(N3CCN(Cc4cc(C(C)(C)C)cc(C(C)(C)C)c4O)CC3)ncnc21. The van der Waals surface area contributed by atoms with Crippen molar-refractivity contribution in [2.45, 2.75) is 58.9 Å². The Balaban J connectivity index is 1.54. The molecule has 1 fully saturated rings. The lowest BCUT2D eigenvalue weighted by Crippen LogP contribution is -2.46. The van der Waals surface area contributed by atoms with Crippen molar-refractivity contribution < 1.29 is 5.11 Å². The molecule has 2 aromatic heterocycles. The lowest BCUT2D eigenvalue weighted by atomic mass is 9.79. The molecule has 0 spiro atoms. The Morgan fingerprint density at radius 1 is 0.938 bits per heavy atom. The maximum absolute atomic E-state index is 11.1. The minimum atomic E-state index is -0.110. The second kappa shape index (κ2) is 8.03. The van der Waals surface area contributed by atoms with E-state index in [2.05, 4.69) is 78.5 Å². The van der Waals surface area contributed by atoms with Crippen molar-refractivity contribution in [3.8, 4) is 5.75 Å². The maximum atomic E-state index is 11.1. The van der Waals surface area contributed by atoms with Crippen LogP contribution in [0.3, 0.4) is 0 Å². The lowest BCUT2D eigenvalue weighted by molar-refractivity contribution is 0.245. The van der Waals surface area contributed by atoms with Crippen LogP contribution in [-0.4, -0.2) is 55.9 Å². The summed E-state index contributed by atoms with van der Waals surface area (Å²) in [6.07, 6.45) is 3.47. The summed E-state index contributed by atoms with van der Waals surface area (Å²) in [5, 5.41) is 16.5. The summed E-state index contributed by atoms with van der Waals surface area (Å²) < 4.78 is 1.79. The maximum Gasteiger partial charge on any atom is 0.163 e. The molecule has 1 saturated heterocycles. The fraction of sp³-hybridized carbons (Fsp3) is 0.560. The summed E-state index contributed by atoms with van der Waals surface area (Å²) in [5.41, 5.74) is 4.10. The Morgan fingerprint density at radius 2 is 1.62 bits per heavy atom. The number of nitrogens with zero attached hydrogens (tertiary/aromatic N) is 6. The number of aromatic nitrogens is 4. The van der Waals surface area contributed by atoms with Crippen LogP contribution in [0.25, 0.3) is 11.0 Å². The highest BCUT2D eigenvalue weighted by Gasteiger charge is 2.27. The molecule has 172 valence electrons. The van der Waals surface area contributed by atoms with E-state index >= 15 is 0 Å². The summed E-state index contributed by atoms with van der Waals surface area (Å²) >= 11 is 0. The van der Waals surface area contributed by atoms with Gasteiger partial charge in [0.25, 0.3) is 0 Å². The molecule has 4 rings (SSSR count). The van der Waals surface area contributed by atoms with Crippen LogP contribution < -0.4 is 4.90 Å². The van der Waals surface area contributed by atoms with Gasteiger partial charge in [-0.15, -0.1) is 0 Å². The number of aromatic hydroxyl groups is 1. The molecule has 0 atom stereocenters. The lowest BCUT2D eigenvalue weighted by Gasteiger charge is -2.36. The molecule has 1 aliphatic rings. The highest BCUT2D eigenvalue weighted by atomic mass is 16.3. The molecule has 7 nitrogen and oxygen atoms in total. The molecule has 3 heterocycles. The van der Waals surface area contributed by atoms with Gasteiger partial charge in [-0.05, 0) is 22.0 Å². The molecular formula is C25H36N6O. The first-order valence-corrected chi connectivity index (χ1v) is 11.4. The third-order valence-electron chi connectivity index (χ3n) is 6.44. The van der Waals surface area contributed by atoms with Crippen molar-refractivity contribution in [1.82, 2.24) is 24.6 Å². The minimum absolute atomic E-state index is 0.0310. The van der Waals surface area contributed by atoms with Crippen LogP contribution in [-0.2, 0) is 24.4 Å². The summed E-state index contributed by atoms with van der Waals surface area (Å²) in [6.45, 7) is 17.5. The van der Waals surface area contributed by atoms with E-state index in [4.69, 9.17) is 0 Å². The smallest absolute Gasteiger partial charge is 0.163 e. The van der Waals surface area contributed by atoms with Gasteiger partial charge in [-0.3, -0.25) is 9.58 Å². The first-order valence-electron chi connectivity index (χ1n) is 11.4. The summed E-state index contributed by atoms with van der Waals surface area (Å²) in [4.78, 5) is 13.6. The fourth-order valence-corrected chi connectivity index (χ4v) is 4.38. The molecule has 0 aliphatic carbocycles. The van der Waals surface area contributed by atoms with Crippen LogP contribution in [0.5, 0.6) is 5.75 Å². The zero-order valence-electron chi connectivity index (χ0n) is 20.5. The molecule has 1 aliphatic heterocycles. The van der Waals surface area contributed by atoms with Crippen molar-refractivity contribution in [3.63, 3.8) is 0 Å². The van der Waals surface area contributed by atoms with Crippen LogP contribution in [0, 0.1) is 0 Å². The molecule has 0 radical (unpaired) electrons. The van der Waals surface area contributed by atoms with Crippen molar-refractivity contribution in [1.29, 1.82) is 0 Å². The van der Waals surface area contributed by atoms with Gasteiger partial charge in [0.1, 0.15) is 17.9 Å². The average molecular weight is 437 g/mol. The number of fused-ring (bicyclic) bond motifs is 1. The van der Waals surface area contributed by atoms with Crippen molar-refractivity contribution in [2.75, 3.05) is 31.1 Å². The van der Waals surface area contributed by atoms with Crippen LogP contribution >= 0.6 is 0 Å². The number of hydrogen-bond donors (Lipinski definition) is 1. The van der Waals surface area contributed by atoms with Crippen molar-refractivity contribution in [3.05, 3.63) is 41.3 Å². The molecule has 3 aromatic rings. The van der Waals surface area contributed by atoms with Gasteiger partial charge >= 0.3 is 0 Å². The van der Waals surface area contributed by atoms with Crippen LogP contribution in [0.15, 0.2) is 24.7 Å². The molecule has 0 unspecified atom stereocenters. The summed E-state index contributed by atoms with van der Waals surface area (Å²) in [7, 11) is 1.90. The van der Waals surface area contributed by atoms with Crippen molar-refractivity contribution in [2.24, 2.45) is 7.05 Å². The van der Waals surface area contributed by atoms with Crippen molar-refractivity contribution >= 4 is 16.9 Å². The van der Waals surface area contributed by atoms with Gasteiger partial charge in [0.15, 0.2) is 5.65 Å². The number of anilines is 1. The highest BCUT2D eigenvalue weighted by Crippen LogP contribution is 2.38. The Hall–Kier alpha value is -2.67. The Morgan fingerprint density at radius 3 is 2.25 bits per heavy atom. The molecule has 0 bridgehead atoms. The number of benzene rings is 1. The van der Waals surface area contributed by atoms with E-state index in [1.54, 1.807) is 11.0 Å². The predicted octanol–water partition coefficient (Wildman–Crippen LogP) is 3.99. The molecule has 1 N–H and O–H groups in total. The van der Waals surface area contributed by atoms with E-state index in [0.29, 0.717) is 5.75 Å². The standard InChI is InChI=1S/C25H36N6O/c1-24(2,3)18-12-17(21(32)20(13-18)25(4,5)6)15-30-8-10-31(11-9-30)23-19-14-28-29(7)22(19)26-16-27-23/h12-14,16,32H,8-11,15H2,1-7H3. The van der Waals surface area contributed by atoms with E-state index in [-0.39, 0.29) is 10.8 Å². The van der Waals surface area contributed by atoms with Gasteiger partial charge in [0, 0.05) is 45.3 Å². The zero-order valence-corrected chi connectivity index (χ0v) is 20.5. The second-order valence-electron chi connectivity index (χ2n) is 11.0. The van der Waals surface area contributed by atoms with E-state index in [0.717, 1.165) is 60.7 Å². The number of aryl methyl sites for hydroxylation is 1. The fourth-order valence-electron chi connectivity index (χ4n) is 4.38. The number of piperazine rings is 1. The monoisotopic (exact) mass is 436 g/mol. The number of rotatable bonds is 3. The number of phenolic OH excluding ortho intramolecular Hbond substituents is 1. The zero-order chi connectivity index (χ0) is 23.3. The van der Waals surface area contributed by atoms with Crippen LogP contribution in [0.1, 0.15) is 58.2 Å². The van der Waals surface area contributed by atoms with Gasteiger partial charge in [-0.2, -0.15) is 5.10 Å². The third-order valence-corrected chi connectivity index (χ3v) is 6.44. The quantitative estimate of drug-likeness (QED) is 0.670. The normalized spacial score (nSPS) is 16.2.